The van der Waals surface area contributed by atoms with Crippen molar-refractivity contribution >= 4 is 23.7 Å². The molecule has 0 fully saturated rings. The number of aliphatic carboxylic acids is 2. The van der Waals surface area contributed by atoms with E-state index in [4.69, 9.17) is 5.11 Å². The monoisotopic (exact) mass is 342 g/mol. The van der Waals surface area contributed by atoms with Crippen molar-refractivity contribution in [2.75, 3.05) is 0 Å². The molecule has 2 N–H and O–H groups in total. The maximum atomic E-state index is 13.9. The highest BCUT2D eigenvalue weighted by atomic mass is 32.2. The van der Waals surface area contributed by atoms with E-state index in [1.807, 2.05) is 6.92 Å². The Balaban J connectivity index is 2.88. The van der Waals surface area contributed by atoms with Gasteiger partial charge < -0.3 is 10.2 Å². The van der Waals surface area contributed by atoms with Crippen LogP contribution in [-0.2, 0) is 9.59 Å². The average molecular weight is 342 g/mol. The molecule has 6 heteroatoms. The summed E-state index contributed by atoms with van der Waals surface area (Å²) in [5.41, 5.74) is 0.647. The molecule has 0 amide bonds. The summed E-state index contributed by atoms with van der Waals surface area (Å²) in [5, 5.41) is 18.5. The van der Waals surface area contributed by atoms with Crippen LogP contribution < -0.4 is 0 Å². The second kappa shape index (κ2) is 8.34. The Hall–Kier alpha value is -1.56. The van der Waals surface area contributed by atoms with Crippen molar-refractivity contribution < 1.29 is 24.2 Å². The second-order valence-electron chi connectivity index (χ2n) is 5.86. The molecular formula is C17H23FO4S. The van der Waals surface area contributed by atoms with Gasteiger partial charge in [0.2, 0.25) is 0 Å². The molecule has 0 saturated heterocycles. The van der Waals surface area contributed by atoms with Gasteiger partial charge in [-0.2, -0.15) is 0 Å². The fourth-order valence-electron chi connectivity index (χ4n) is 2.24. The van der Waals surface area contributed by atoms with Gasteiger partial charge in [-0.15, -0.1) is 11.8 Å². The highest BCUT2D eigenvalue weighted by molar-refractivity contribution is 8.01. The molecule has 1 aromatic carbocycles. The number of halogens is 1. The van der Waals surface area contributed by atoms with E-state index in [0.717, 1.165) is 11.8 Å². The lowest BCUT2D eigenvalue weighted by Gasteiger charge is -2.26. The third-order valence-corrected chi connectivity index (χ3v) is 5.06. The third kappa shape index (κ3) is 5.53. The van der Waals surface area contributed by atoms with E-state index in [1.165, 1.54) is 6.92 Å². The Morgan fingerprint density at radius 3 is 2.26 bits per heavy atom. The summed E-state index contributed by atoms with van der Waals surface area (Å²) in [5.74, 6) is -2.59. The lowest BCUT2D eigenvalue weighted by atomic mass is 10.0. The number of alkyl halides is 1. The maximum absolute atomic E-state index is 13.9. The van der Waals surface area contributed by atoms with E-state index >= 15 is 0 Å². The van der Waals surface area contributed by atoms with Gasteiger partial charge in [0, 0.05) is 11.3 Å². The zero-order valence-corrected chi connectivity index (χ0v) is 14.4. The standard InChI is InChI=1S/C17H23FO4S/c1-4-5-13(18)10-17(3,16(21)22)23-14-8-6-12(7-9-14)11(2)15(19)20/h6-9,11,13H,4-5,10H2,1-3H3,(H,19,20)(H,21,22). The Morgan fingerprint density at radius 2 is 1.83 bits per heavy atom. The van der Waals surface area contributed by atoms with E-state index in [2.05, 4.69) is 0 Å². The first-order valence-corrected chi connectivity index (χ1v) is 8.40. The smallest absolute Gasteiger partial charge is 0.319 e. The molecule has 1 rings (SSSR count). The largest absolute Gasteiger partial charge is 0.481 e. The van der Waals surface area contributed by atoms with Crippen LogP contribution in [0, 0.1) is 0 Å². The molecule has 0 aliphatic carbocycles. The molecule has 23 heavy (non-hydrogen) atoms. The minimum Gasteiger partial charge on any atom is -0.481 e. The minimum atomic E-state index is -1.26. The van der Waals surface area contributed by atoms with Crippen molar-refractivity contribution in [1.82, 2.24) is 0 Å². The number of carboxylic acid groups (broad SMARTS) is 2. The molecule has 0 aromatic heterocycles. The molecule has 0 spiro atoms. The quantitative estimate of drug-likeness (QED) is 0.653. The van der Waals surface area contributed by atoms with Gasteiger partial charge in [0.05, 0.1) is 5.92 Å². The molecule has 1 aromatic rings. The van der Waals surface area contributed by atoms with Gasteiger partial charge >= 0.3 is 11.9 Å². The van der Waals surface area contributed by atoms with Gasteiger partial charge in [-0.25, -0.2) is 4.39 Å². The van der Waals surface area contributed by atoms with Gasteiger partial charge in [0.1, 0.15) is 10.9 Å². The summed E-state index contributed by atoms with van der Waals surface area (Å²) in [6, 6.07) is 6.71. The van der Waals surface area contributed by atoms with Crippen LogP contribution in [0.5, 0.6) is 0 Å². The molecule has 0 aliphatic rings. The first-order valence-electron chi connectivity index (χ1n) is 7.59. The van der Waals surface area contributed by atoms with E-state index in [9.17, 15) is 19.1 Å². The minimum absolute atomic E-state index is 0.0614. The van der Waals surface area contributed by atoms with E-state index in [0.29, 0.717) is 23.3 Å². The number of hydrogen-bond acceptors (Lipinski definition) is 3. The van der Waals surface area contributed by atoms with Crippen molar-refractivity contribution in [3.8, 4) is 0 Å². The summed E-state index contributed by atoms with van der Waals surface area (Å²) < 4.78 is 12.6. The normalized spacial score (nSPS) is 16.3. The third-order valence-electron chi connectivity index (χ3n) is 3.76. The molecular weight excluding hydrogens is 319 g/mol. The molecule has 0 saturated carbocycles. The predicted molar refractivity (Wildman–Crippen MR) is 88.8 cm³/mol. The van der Waals surface area contributed by atoms with Crippen LogP contribution >= 0.6 is 11.8 Å². The number of hydrogen-bond donors (Lipinski definition) is 2. The molecule has 0 bridgehead atoms. The molecule has 4 nitrogen and oxygen atoms in total. The fraction of sp³-hybridized carbons (Fsp3) is 0.529. The zero-order chi connectivity index (χ0) is 17.6. The zero-order valence-electron chi connectivity index (χ0n) is 13.6. The highest BCUT2D eigenvalue weighted by Gasteiger charge is 2.37. The van der Waals surface area contributed by atoms with Crippen LogP contribution in [0.3, 0.4) is 0 Å². The number of carbonyl (C=O) groups is 2. The molecule has 0 heterocycles. The van der Waals surface area contributed by atoms with Gasteiger partial charge in [0.25, 0.3) is 0 Å². The lowest BCUT2D eigenvalue weighted by Crippen LogP contribution is -2.34. The van der Waals surface area contributed by atoms with Crippen molar-refractivity contribution in [3.05, 3.63) is 29.8 Å². The van der Waals surface area contributed by atoms with E-state index in [-0.39, 0.29) is 6.42 Å². The Morgan fingerprint density at radius 1 is 1.26 bits per heavy atom. The summed E-state index contributed by atoms with van der Waals surface area (Å²) >= 11 is 1.10. The van der Waals surface area contributed by atoms with Crippen molar-refractivity contribution in [3.63, 3.8) is 0 Å². The van der Waals surface area contributed by atoms with Crippen LogP contribution in [0.2, 0.25) is 0 Å². The van der Waals surface area contributed by atoms with Gasteiger partial charge in [-0.3, -0.25) is 9.59 Å². The number of benzene rings is 1. The fourth-order valence-corrected chi connectivity index (χ4v) is 3.38. The van der Waals surface area contributed by atoms with Crippen LogP contribution in [0.25, 0.3) is 0 Å². The first-order chi connectivity index (χ1) is 10.7. The maximum Gasteiger partial charge on any atom is 0.319 e. The number of rotatable bonds is 9. The number of carboxylic acids is 2. The van der Waals surface area contributed by atoms with E-state index < -0.39 is 28.8 Å². The number of thioether (sulfide) groups is 1. The Bertz CT molecular complexity index is 546. The summed E-state index contributed by atoms with van der Waals surface area (Å²) in [7, 11) is 0. The SMILES string of the molecule is CCCC(F)CC(C)(Sc1ccc(C(C)C(=O)O)cc1)C(=O)O. The highest BCUT2D eigenvalue weighted by Crippen LogP contribution is 2.38. The summed E-state index contributed by atoms with van der Waals surface area (Å²) in [4.78, 5) is 23.2. The molecule has 0 radical (unpaired) electrons. The van der Waals surface area contributed by atoms with Crippen LogP contribution in [0.15, 0.2) is 29.2 Å². The Labute approximate surface area is 140 Å². The lowest BCUT2D eigenvalue weighted by molar-refractivity contribution is -0.140. The Kier molecular flexibility index (Phi) is 7.06. The van der Waals surface area contributed by atoms with E-state index in [1.54, 1.807) is 31.2 Å². The second-order valence-corrected chi connectivity index (χ2v) is 7.43. The summed E-state index contributed by atoms with van der Waals surface area (Å²) in [6.45, 7) is 4.97. The molecule has 3 atom stereocenters. The van der Waals surface area contributed by atoms with Gasteiger partial charge in [-0.1, -0.05) is 25.5 Å². The average Bonchev–Trinajstić information content (AvgIpc) is 2.47. The van der Waals surface area contributed by atoms with Crippen LogP contribution in [-0.4, -0.2) is 33.1 Å². The van der Waals surface area contributed by atoms with Crippen molar-refractivity contribution in [2.45, 2.75) is 61.8 Å². The molecule has 0 aliphatic heterocycles. The first kappa shape index (κ1) is 19.5. The molecule has 3 unspecified atom stereocenters. The summed E-state index contributed by atoms with van der Waals surface area (Å²) in [6.07, 6.45) is -0.199. The van der Waals surface area contributed by atoms with Crippen LogP contribution in [0.4, 0.5) is 4.39 Å². The van der Waals surface area contributed by atoms with Gasteiger partial charge in [-0.05, 0) is 38.0 Å². The molecule has 128 valence electrons. The van der Waals surface area contributed by atoms with Crippen LogP contribution in [0.1, 0.15) is 51.5 Å². The van der Waals surface area contributed by atoms with Crippen molar-refractivity contribution in [2.24, 2.45) is 0 Å². The van der Waals surface area contributed by atoms with Crippen molar-refractivity contribution in [1.29, 1.82) is 0 Å². The predicted octanol–water partition coefficient (Wildman–Crippen LogP) is 4.34. The topological polar surface area (TPSA) is 74.6 Å². The van der Waals surface area contributed by atoms with Gasteiger partial charge in [0.15, 0.2) is 0 Å².